The Morgan fingerprint density at radius 3 is 2.53 bits per heavy atom. The molecule has 0 fully saturated rings. The molecule has 3 heteroatoms. The van der Waals surface area contributed by atoms with E-state index in [0.29, 0.717) is 13.2 Å². The number of aryl methyl sites for hydroxylation is 1. The van der Waals surface area contributed by atoms with Gasteiger partial charge in [-0.05, 0) is 25.1 Å². The van der Waals surface area contributed by atoms with E-state index in [1.165, 1.54) is 5.56 Å². The number of hydrogen-bond donors (Lipinski definition) is 1. The zero-order chi connectivity index (χ0) is 13.7. The first-order valence-corrected chi connectivity index (χ1v) is 6.29. The van der Waals surface area contributed by atoms with Gasteiger partial charge < -0.3 is 15.2 Å². The highest BCUT2D eigenvalue weighted by molar-refractivity contribution is 5.38. The highest BCUT2D eigenvalue weighted by Gasteiger charge is 2.06. The topological polar surface area (TPSA) is 44.5 Å². The zero-order valence-corrected chi connectivity index (χ0v) is 11.3. The third-order valence-corrected chi connectivity index (χ3v) is 3.01. The van der Waals surface area contributed by atoms with Crippen LogP contribution >= 0.6 is 0 Å². The quantitative estimate of drug-likeness (QED) is 0.895. The summed E-state index contributed by atoms with van der Waals surface area (Å²) in [4.78, 5) is 0. The Hall–Kier alpha value is -2.00. The molecule has 0 saturated heterocycles. The van der Waals surface area contributed by atoms with E-state index in [-0.39, 0.29) is 0 Å². The van der Waals surface area contributed by atoms with Gasteiger partial charge in [-0.15, -0.1) is 0 Å². The highest BCUT2D eigenvalue weighted by atomic mass is 16.5. The lowest BCUT2D eigenvalue weighted by molar-refractivity contribution is 0.294. The molecule has 0 aromatic heterocycles. The predicted octanol–water partition coefficient (Wildman–Crippen LogP) is 3.04. The molecule has 0 heterocycles. The second-order valence-electron chi connectivity index (χ2n) is 4.42. The molecule has 0 unspecified atom stereocenters. The van der Waals surface area contributed by atoms with Crippen LogP contribution in [0.3, 0.4) is 0 Å². The Morgan fingerprint density at radius 1 is 1.00 bits per heavy atom. The average Bonchev–Trinajstić information content (AvgIpc) is 2.45. The van der Waals surface area contributed by atoms with Gasteiger partial charge in [0.25, 0.3) is 0 Å². The third kappa shape index (κ3) is 3.26. The molecule has 2 aromatic rings. The van der Waals surface area contributed by atoms with Crippen LogP contribution in [-0.2, 0) is 13.2 Å². The molecular formula is C16H19NO2. The smallest absolute Gasteiger partial charge is 0.125 e. The molecule has 2 rings (SSSR count). The summed E-state index contributed by atoms with van der Waals surface area (Å²) >= 11 is 0. The zero-order valence-electron chi connectivity index (χ0n) is 11.3. The van der Waals surface area contributed by atoms with Gasteiger partial charge in [0.2, 0.25) is 0 Å². The largest absolute Gasteiger partial charge is 0.496 e. The van der Waals surface area contributed by atoms with Crippen LogP contribution < -0.4 is 15.2 Å². The van der Waals surface area contributed by atoms with Crippen LogP contribution in [0.2, 0.25) is 0 Å². The van der Waals surface area contributed by atoms with E-state index in [9.17, 15) is 0 Å². The Bertz CT molecular complexity index is 552. The van der Waals surface area contributed by atoms with Crippen molar-refractivity contribution >= 4 is 0 Å². The molecule has 0 aliphatic carbocycles. The van der Waals surface area contributed by atoms with Crippen molar-refractivity contribution in [1.82, 2.24) is 0 Å². The van der Waals surface area contributed by atoms with Crippen molar-refractivity contribution in [3.8, 4) is 11.5 Å². The first kappa shape index (κ1) is 13.4. The number of rotatable bonds is 5. The number of ether oxygens (including phenoxy) is 2. The van der Waals surface area contributed by atoms with Crippen LogP contribution in [0, 0.1) is 6.92 Å². The number of para-hydroxylation sites is 1. The van der Waals surface area contributed by atoms with Gasteiger partial charge in [0.05, 0.1) is 7.11 Å². The first-order chi connectivity index (χ1) is 9.24. The van der Waals surface area contributed by atoms with Crippen LogP contribution in [-0.4, -0.2) is 7.11 Å². The van der Waals surface area contributed by atoms with Crippen molar-refractivity contribution in [2.75, 3.05) is 7.11 Å². The minimum absolute atomic E-state index is 0.473. The van der Waals surface area contributed by atoms with E-state index < -0.39 is 0 Å². The normalized spacial score (nSPS) is 10.3. The summed E-state index contributed by atoms with van der Waals surface area (Å²) in [6.07, 6.45) is 0. The predicted molar refractivity (Wildman–Crippen MR) is 76.4 cm³/mol. The van der Waals surface area contributed by atoms with Crippen LogP contribution in [0.4, 0.5) is 0 Å². The van der Waals surface area contributed by atoms with E-state index in [0.717, 1.165) is 22.6 Å². The van der Waals surface area contributed by atoms with Crippen molar-refractivity contribution in [3.05, 3.63) is 59.2 Å². The number of hydrogen-bond acceptors (Lipinski definition) is 3. The fourth-order valence-electron chi connectivity index (χ4n) is 1.99. The summed E-state index contributed by atoms with van der Waals surface area (Å²) in [5, 5.41) is 0. The number of benzene rings is 2. The maximum absolute atomic E-state index is 5.85. The summed E-state index contributed by atoms with van der Waals surface area (Å²) < 4.78 is 11.2. The van der Waals surface area contributed by atoms with E-state index in [4.69, 9.17) is 15.2 Å². The highest BCUT2D eigenvalue weighted by Crippen LogP contribution is 2.23. The number of nitrogens with two attached hydrogens (primary N) is 1. The van der Waals surface area contributed by atoms with E-state index in [1.807, 2.05) is 36.4 Å². The second kappa shape index (κ2) is 6.25. The molecule has 2 N–H and O–H groups in total. The average molecular weight is 257 g/mol. The van der Waals surface area contributed by atoms with Crippen molar-refractivity contribution in [3.63, 3.8) is 0 Å². The third-order valence-electron chi connectivity index (χ3n) is 3.01. The van der Waals surface area contributed by atoms with Crippen LogP contribution in [0.25, 0.3) is 0 Å². The Labute approximate surface area is 114 Å². The minimum atomic E-state index is 0.473. The van der Waals surface area contributed by atoms with Gasteiger partial charge in [-0.3, -0.25) is 0 Å². The fraction of sp³-hybridized carbons (Fsp3) is 0.250. The van der Waals surface area contributed by atoms with Crippen LogP contribution in [0.15, 0.2) is 42.5 Å². The van der Waals surface area contributed by atoms with E-state index in [1.54, 1.807) is 7.11 Å². The first-order valence-electron chi connectivity index (χ1n) is 6.29. The summed E-state index contributed by atoms with van der Waals surface area (Å²) in [7, 11) is 1.67. The van der Waals surface area contributed by atoms with E-state index in [2.05, 4.69) is 13.0 Å². The van der Waals surface area contributed by atoms with Gasteiger partial charge in [0.15, 0.2) is 0 Å². The van der Waals surface area contributed by atoms with Gasteiger partial charge in [-0.25, -0.2) is 0 Å². The molecular weight excluding hydrogens is 238 g/mol. The standard InChI is InChI=1S/C16H19NO2/c1-12-7-8-15(18-2)14(9-12)11-19-16-6-4-3-5-13(16)10-17/h3-9H,10-11,17H2,1-2H3. The van der Waals surface area contributed by atoms with Crippen LogP contribution in [0.5, 0.6) is 11.5 Å². The molecule has 0 saturated carbocycles. The van der Waals surface area contributed by atoms with Crippen molar-refractivity contribution < 1.29 is 9.47 Å². The van der Waals surface area contributed by atoms with Gasteiger partial charge in [0, 0.05) is 17.7 Å². The molecule has 0 amide bonds. The maximum atomic E-state index is 5.85. The molecule has 0 bridgehead atoms. The molecule has 0 aliphatic rings. The van der Waals surface area contributed by atoms with Crippen molar-refractivity contribution in [1.29, 1.82) is 0 Å². The molecule has 0 spiro atoms. The van der Waals surface area contributed by atoms with Gasteiger partial charge in [-0.2, -0.15) is 0 Å². The summed E-state index contributed by atoms with van der Waals surface area (Å²) in [5.74, 6) is 1.67. The lowest BCUT2D eigenvalue weighted by atomic mass is 10.1. The second-order valence-corrected chi connectivity index (χ2v) is 4.42. The molecule has 0 radical (unpaired) electrons. The van der Waals surface area contributed by atoms with Gasteiger partial charge in [0.1, 0.15) is 18.1 Å². The molecule has 0 atom stereocenters. The van der Waals surface area contributed by atoms with Gasteiger partial charge in [-0.1, -0.05) is 29.8 Å². The molecule has 100 valence electrons. The SMILES string of the molecule is COc1ccc(C)cc1COc1ccccc1CN. The van der Waals surface area contributed by atoms with Crippen molar-refractivity contribution in [2.24, 2.45) is 5.73 Å². The lowest BCUT2D eigenvalue weighted by Gasteiger charge is -2.13. The summed E-state index contributed by atoms with van der Waals surface area (Å²) in [5.41, 5.74) is 8.93. The fourth-order valence-corrected chi connectivity index (χ4v) is 1.99. The molecule has 3 nitrogen and oxygen atoms in total. The summed E-state index contributed by atoms with van der Waals surface area (Å²) in [6.45, 7) is 3.00. The lowest BCUT2D eigenvalue weighted by Crippen LogP contribution is -2.03. The van der Waals surface area contributed by atoms with Crippen molar-refractivity contribution in [2.45, 2.75) is 20.1 Å². The Balaban J connectivity index is 2.16. The van der Waals surface area contributed by atoms with E-state index >= 15 is 0 Å². The minimum Gasteiger partial charge on any atom is -0.496 e. The molecule has 0 aliphatic heterocycles. The Kier molecular flexibility index (Phi) is 4.42. The molecule has 2 aromatic carbocycles. The van der Waals surface area contributed by atoms with Crippen LogP contribution in [0.1, 0.15) is 16.7 Å². The Morgan fingerprint density at radius 2 is 1.79 bits per heavy atom. The summed E-state index contributed by atoms with van der Waals surface area (Å²) in [6, 6.07) is 13.9. The molecule has 19 heavy (non-hydrogen) atoms. The van der Waals surface area contributed by atoms with Gasteiger partial charge >= 0.3 is 0 Å². The monoisotopic (exact) mass is 257 g/mol. The maximum Gasteiger partial charge on any atom is 0.125 e. The number of methoxy groups -OCH3 is 1.